The normalized spacial score (nSPS) is 8.31. The number of nitrogens with one attached hydrogen (secondary N) is 1. The molecular weight excluding hydrogens is 166 g/mol. The summed E-state index contributed by atoms with van der Waals surface area (Å²) in [5.74, 6) is -0.185. The standard InChI is InChI=1S/C7H9N3O.C2H6/c1-5-3-6(7(11)8-2)10-4-9-5;1-2/h3-4H,1-2H3,(H,8,11);1-2H3. The molecule has 0 atom stereocenters. The topological polar surface area (TPSA) is 54.9 Å². The minimum atomic E-state index is -0.185. The monoisotopic (exact) mass is 181 g/mol. The van der Waals surface area contributed by atoms with Crippen LogP contribution in [0.5, 0.6) is 0 Å². The Hall–Kier alpha value is -1.45. The highest BCUT2D eigenvalue weighted by molar-refractivity contribution is 5.91. The molecule has 0 aliphatic carbocycles. The van der Waals surface area contributed by atoms with E-state index >= 15 is 0 Å². The van der Waals surface area contributed by atoms with Gasteiger partial charge in [0.1, 0.15) is 12.0 Å². The number of nitrogens with zero attached hydrogens (tertiary/aromatic N) is 2. The van der Waals surface area contributed by atoms with Crippen LogP contribution in [0.2, 0.25) is 0 Å². The molecule has 1 amide bonds. The fourth-order valence-corrected chi connectivity index (χ4v) is 0.707. The van der Waals surface area contributed by atoms with Gasteiger partial charge < -0.3 is 5.32 Å². The lowest BCUT2D eigenvalue weighted by molar-refractivity contribution is 0.0958. The van der Waals surface area contributed by atoms with Gasteiger partial charge in [-0.15, -0.1) is 0 Å². The zero-order valence-electron chi connectivity index (χ0n) is 8.46. The van der Waals surface area contributed by atoms with E-state index in [9.17, 15) is 4.79 Å². The van der Waals surface area contributed by atoms with Gasteiger partial charge in [0.25, 0.3) is 5.91 Å². The van der Waals surface area contributed by atoms with Crippen molar-refractivity contribution < 1.29 is 4.79 Å². The van der Waals surface area contributed by atoms with Crippen LogP contribution in [0.3, 0.4) is 0 Å². The van der Waals surface area contributed by atoms with Crippen molar-refractivity contribution >= 4 is 5.91 Å². The van der Waals surface area contributed by atoms with Crippen LogP contribution in [0.4, 0.5) is 0 Å². The molecule has 72 valence electrons. The van der Waals surface area contributed by atoms with Crippen molar-refractivity contribution in [3.05, 3.63) is 23.8 Å². The van der Waals surface area contributed by atoms with E-state index in [1.807, 2.05) is 20.8 Å². The number of rotatable bonds is 1. The number of aryl methyl sites for hydroxylation is 1. The second-order valence-corrected chi connectivity index (χ2v) is 2.12. The molecule has 0 bridgehead atoms. The zero-order chi connectivity index (χ0) is 10.3. The quantitative estimate of drug-likeness (QED) is 0.707. The second kappa shape index (κ2) is 6.11. The number of amides is 1. The first kappa shape index (κ1) is 11.6. The average molecular weight is 181 g/mol. The first-order chi connectivity index (χ1) is 6.24. The van der Waals surface area contributed by atoms with E-state index in [0.29, 0.717) is 5.69 Å². The lowest BCUT2D eigenvalue weighted by Gasteiger charge is -1.97. The highest BCUT2D eigenvalue weighted by Gasteiger charge is 2.03. The summed E-state index contributed by atoms with van der Waals surface area (Å²) >= 11 is 0. The summed E-state index contributed by atoms with van der Waals surface area (Å²) in [5, 5.41) is 2.48. The maximum atomic E-state index is 11.0. The minimum Gasteiger partial charge on any atom is -0.354 e. The van der Waals surface area contributed by atoms with Gasteiger partial charge in [-0.2, -0.15) is 0 Å². The molecule has 0 aliphatic heterocycles. The molecular formula is C9H15N3O. The lowest BCUT2D eigenvalue weighted by Crippen LogP contribution is -2.19. The predicted octanol–water partition coefficient (Wildman–Crippen LogP) is 1.17. The summed E-state index contributed by atoms with van der Waals surface area (Å²) in [6.07, 6.45) is 1.37. The molecule has 0 unspecified atom stereocenters. The molecule has 1 N–H and O–H groups in total. The van der Waals surface area contributed by atoms with Gasteiger partial charge in [-0.05, 0) is 13.0 Å². The highest BCUT2D eigenvalue weighted by atomic mass is 16.1. The first-order valence-electron chi connectivity index (χ1n) is 4.25. The molecule has 0 fully saturated rings. The third-order valence-electron chi connectivity index (χ3n) is 1.26. The fourth-order valence-electron chi connectivity index (χ4n) is 0.707. The molecule has 1 heterocycles. The Morgan fingerprint density at radius 3 is 2.46 bits per heavy atom. The molecule has 0 saturated heterocycles. The van der Waals surface area contributed by atoms with Crippen molar-refractivity contribution in [2.45, 2.75) is 20.8 Å². The van der Waals surface area contributed by atoms with Crippen LogP contribution in [0, 0.1) is 6.92 Å². The molecule has 0 spiro atoms. The van der Waals surface area contributed by atoms with Gasteiger partial charge in [0, 0.05) is 12.7 Å². The van der Waals surface area contributed by atoms with Crippen LogP contribution in [-0.2, 0) is 0 Å². The van der Waals surface area contributed by atoms with Gasteiger partial charge in [0.15, 0.2) is 0 Å². The number of hydrogen-bond donors (Lipinski definition) is 1. The molecule has 1 aromatic rings. The van der Waals surface area contributed by atoms with Crippen molar-refractivity contribution in [3.63, 3.8) is 0 Å². The van der Waals surface area contributed by atoms with Gasteiger partial charge in [-0.25, -0.2) is 9.97 Å². The third kappa shape index (κ3) is 3.64. The Kier molecular flexibility index (Phi) is 5.43. The molecule has 0 saturated carbocycles. The fraction of sp³-hybridized carbons (Fsp3) is 0.444. The van der Waals surface area contributed by atoms with E-state index in [2.05, 4.69) is 15.3 Å². The van der Waals surface area contributed by atoms with Crippen LogP contribution in [0.1, 0.15) is 30.0 Å². The summed E-state index contributed by atoms with van der Waals surface area (Å²) < 4.78 is 0. The van der Waals surface area contributed by atoms with E-state index in [1.165, 1.54) is 6.33 Å². The second-order valence-electron chi connectivity index (χ2n) is 2.12. The largest absolute Gasteiger partial charge is 0.354 e. The molecule has 1 aromatic heterocycles. The van der Waals surface area contributed by atoms with Crippen molar-refractivity contribution in [2.75, 3.05) is 7.05 Å². The smallest absolute Gasteiger partial charge is 0.269 e. The summed E-state index contributed by atoms with van der Waals surface area (Å²) in [6.45, 7) is 5.81. The molecule has 1 rings (SSSR count). The van der Waals surface area contributed by atoms with Crippen LogP contribution in [-0.4, -0.2) is 22.9 Å². The van der Waals surface area contributed by atoms with Gasteiger partial charge in [-0.3, -0.25) is 4.79 Å². The number of hydrogen-bond acceptors (Lipinski definition) is 3. The predicted molar refractivity (Wildman–Crippen MR) is 51.5 cm³/mol. The minimum absolute atomic E-state index is 0.185. The number of carbonyl (C=O) groups excluding carboxylic acids is 1. The van der Waals surface area contributed by atoms with E-state index in [4.69, 9.17) is 0 Å². The lowest BCUT2D eigenvalue weighted by atomic mass is 10.3. The SMILES string of the molecule is CC.CNC(=O)c1cc(C)ncn1. The summed E-state index contributed by atoms with van der Waals surface area (Å²) in [4.78, 5) is 18.6. The molecule has 0 aliphatic rings. The van der Waals surface area contributed by atoms with Crippen molar-refractivity contribution in [1.82, 2.24) is 15.3 Å². The Balaban J connectivity index is 0.000000671. The van der Waals surface area contributed by atoms with Crippen molar-refractivity contribution in [2.24, 2.45) is 0 Å². The van der Waals surface area contributed by atoms with Crippen molar-refractivity contribution in [1.29, 1.82) is 0 Å². The first-order valence-corrected chi connectivity index (χ1v) is 4.25. The van der Waals surface area contributed by atoms with Crippen molar-refractivity contribution in [3.8, 4) is 0 Å². The Morgan fingerprint density at radius 1 is 1.38 bits per heavy atom. The van der Waals surface area contributed by atoms with Crippen LogP contribution < -0.4 is 5.32 Å². The summed E-state index contributed by atoms with van der Waals surface area (Å²) in [7, 11) is 1.57. The molecule has 0 aromatic carbocycles. The zero-order valence-corrected chi connectivity index (χ0v) is 8.46. The molecule has 4 nitrogen and oxygen atoms in total. The van der Waals surface area contributed by atoms with Crippen LogP contribution in [0.25, 0.3) is 0 Å². The number of aromatic nitrogens is 2. The van der Waals surface area contributed by atoms with Crippen LogP contribution in [0.15, 0.2) is 12.4 Å². The Labute approximate surface area is 78.4 Å². The van der Waals surface area contributed by atoms with E-state index in [1.54, 1.807) is 13.1 Å². The third-order valence-corrected chi connectivity index (χ3v) is 1.26. The average Bonchev–Trinajstić information content (AvgIpc) is 2.20. The van der Waals surface area contributed by atoms with Gasteiger partial charge in [0.05, 0.1) is 0 Å². The molecule has 0 radical (unpaired) electrons. The Bertz CT molecular complexity index is 273. The summed E-state index contributed by atoms with van der Waals surface area (Å²) in [5.41, 5.74) is 1.19. The number of carbonyl (C=O) groups is 1. The Morgan fingerprint density at radius 2 is 2.00 bits per heavy atom. The van der Waals surface area contributed by atoms with Gasteiger partial charge in [-0.1, -0.05) is 13.8 Å². The maximum absolute atomic E-state index is 11.0. The van der Waals surface area contributed by atoms with E-state index in [-0.39, 0.29) is 5.91 Å². The highest BCUT2D eigenvalue weighted by Crippen LogP contribution is 1.94. The maximum Gasteiger partial charge on any atom is 0.269 e. The van der Waals surface area contributed by atoms with E-state index < -0.39 is 0 Å². The van der Waals surface area contributed by atoms with E-state index in [0.717, 1.165) is 5.69 Å². The van der Waals surface area contributed by atoms with Gasteiger partial charge >= 0.3 is 0 Å². The molecule has 13 heavy (non-hydrogen) atoms. The molecule has 4 heteroatoms. The van der Waals surface area contributed by atoms with Gasteiger partial charge in [0.2, 0.25) is 0 Å². The summed E-state index contributed by atoms with van der Waals surface area (Å²) in [6, 6.07) is 1.64. The van der Waals surface area contributed by atoms with Crippen LogP contribution >= 0.6 is 0 Å².